The van der Waals surface area contributed by atoms with E-state index in [1.54, 1.807) is 0 Å². The van der Waals surface area contributed by atoms with E-state index in [0.29, 0.717) is 5.92 Å². The van der Waals surface area contributed by atoms with Gasteiger partial charge in [-0.25, -0.2) is 4.98 Å². The Hall–Kier alpha value is -2.63. The van der Waals surface area contributed by atoms with Crippen LogP contribution in [-0.2, 0) is 0 Å². The second kappa shape index (κ2) is 14.2. The van der Waals surface area contributed by atoms with Crippen LogP contribution >= 0.6 is 0 Å². The van der Waals surface area contributed by atoms with Gasteiger partial charge in [-0.15, -0.1) is 0 Å². The van der Waals surface area contributed by atoms with Crippen molar-refractivity contribution in [1.29, 1.82) is 0 Å². The molecule has 1 aromatic heterocycles. The molecule has 0 unspecified atom stereocenters. The van der Waals surface area contributed by atoms with E-state index in [-0.39, 0.29) is 0 Å². The summed E-state index contributed by atoms with van der Waals surface area (Å²) in [7, 11) is 2.17. The predicted molar refractivity (Wildman–Crippen MR) is 152 cm³/mol. The minimum atomic E-state index is 0.454. The van der Waals surface area contributed by atoms with E-state index in [2.05, 4.69) is 81.0 Å². The smallest absolute Gasteiger partial charge is 0.115 e. The Morgan fingerprint density at radius 2 is 1.75 bits per heavy atom. The molecule has 5 N–H and O–H groups in total. The van der Waals surface area contributed by atoms with E-state index < -0.39 is 0 Å². The lowest BCUT2D eigenvalue weighted by molar-refractivity contribution is 0.330. The number of nitrogens with one attached hydrogen (secondary N) is 3. The van der Waals surface area contributed by atoms with E-state index in [4.69, 9.17) is 10.7 Å². The van der Waals surface area contributed by atoms with Gasteiger partial charge in [-0.2, -0.15) is 0 Å². The fraction of sp³-hybridized carbons (Fsp3) is 0.552. The monoisotopic (exact) mass is 489 g/mol. The van der Waals surface area contributed by atoms with Gasteiger partial charge in [0, 0.05) is 55.6 Å². The first-order valence-electron chi connectivity index (χ1n) is 13.6. The zero-order chi connectivity index (χ0) is 25.0. The Kier molecular flexibility index (Phi) is 10.4. The Bertz CT molecular complexity index is 983. The number of nitrogens with two attached hydrogens (primary N) is 1. The van der Waals surface area contributed by atoms with E-state index in [0.717, 1.165) is 114 Å². The summed E-state index contributed by atoms with van der Waals surface area (Å²) in [4.78, 5) is 9.73. The van der Waals surface area contributed by atoms with Crippen LogP contribution in [0.3, 0.4) is 0 Å². The molecule has 2 saturated heterocycles. The third kappa shape index (κ3) is 8.21. The molecule has 1 aromatic carbocycles. The van der Waals surface area contributed by atoms with Gasteiger partial charge in [0.25, 0.3) is 0 Å². The molecule has 0 radical (unpaired) electrons. The molecule has 2 aromatic rings. The van der Waals surface area contributed by atoms with Gasteiger partial charge in [0.05, 0.1) is 5.69 Å². The van der Waals surface area contributed by atoms with E-state index >= 15 is 0 Å². The molecule has 3 heterocycles. The molecule has 0 amide bonds. The normalized spacial score (nSPS) is 16.6. The largest absolute Gasteiger partial charge is 0.385 e. The number of nitrogens with zero attached hydrogens (tertiary/aromatic N) is 3. The third-order valence-corrected chi connectivity index (χ3v) is 7.00. The van der Waals surface area contributed by atoms with Gasteiger partial charge >= 0.3 is 0 Å². The highest BCUT2D eigenvalue weighted by atomic mass is 15.2. The van der Waals surface area contributed by atoms with Crippen LogP contribution in [0.5, 0.6) is 0 Å². The van der Waals surface area contributed by atoms with Gasteiger partial charge in [-0.3, -0.25) is 0 Å². The average Bonchev–Trinajstić information content (AvgIpc) is 2.94. The molecule has 0 atom stereocenters. The molecular formula is C29H43N7. The predicted octanol–water partition coefficient (Wildman–Crippen LogP) is 2.59. The van der Waals surface area contributed by atoms with Crippen molar-refractivity contribution in [3.05, 3.63) is 42.1 Å². The van der Waals surface area contributed by atoms with Gasteiger partial charge in [0.2, 0.25) is 0 Å². The van der Waals surface area contributed by atoms with Crippen molar-refractivity contribution in [3.63, 3.8) is 0 Å². The van der Waals surface area contributed by atoms with E-state index in [1.165, 1.54) is 5.69 Å². The summed E-state index contributed by atoms with van der Waals surface area (Å²) in [5, 5.41) is 10.5. The van der Waals surface area contributed by atoms with Gasteiger partial charge < -0.3 is 31.5 Å². The number of piperazine rings is 1. The Morgan fingerprint density at radius 3 is 2.50 bits per heavy atom. The van der Waals surface area contributed by atoms with Crippen LogP contribution in [0.25, 0.3) is 11.3 Å². The van der Waals surface area contributed by atoms with Crippen molar-refractivity contribution in [1.82, 2.24) is 20.5 Å². The van der Waals surface area contributed by atoms with Crippen molar-refractivity contribution in [3.8, 4) is 23.1 Å². The molecule has 0 aliphatic carbocycles. The van der Waals surface area contributed by atoms with Crippen molar-refractivity contribution >= 4 is 11.4 Å². The van der Waals surface area contributed by atoms with Crippen molar-refractivity contribution in [2.45, 2.75) is 25.7 Å². The zero-order valence-electron chi connectivity index (χ0n) is 21.9. The minimum Gasteiger partial charge on any atom is -0.385 e. The maximum atomic E-state index is 5.64. The lowest BCUT2D eigenvalue weighted by atomic mass is 9.99. The van der Waals surface area contributed by atoms with Gasteiger partial charge in [-0.1, -0.05) is 18.1 Å². The lowest BCUT2D eigenvalue weighted by Crippen LogP contribution is -2.43. The summed E-state index contributed by atoms with van der Waals surface area (Å²) in [6.07, 6.45) is 4.35. The van der Waals surface area contributed by atoms with Crippen molar-refractivity contribution in [2.75, 3.05) is 82.7 Å². The highest BCUT2D eigenvalue weighted by Crippen LogP contribution is 2.25. The summed E-state index contributed by atoms with van der Waals surface area (Å²) < 4.78 is 0. The molecule has 36 heavy (non-hydrogen) atoms. The summed E-state index contributed by atoms with van der Waals surface area (Å²) in [6, 6.07) is 13.1. The Balaban J connectivity index is 1.47. The molecule has 194 valence electrons. The second-order valence-electron chi connectivity index (χ2n) is 9.93. The first kappa shape index (κ1) is 26.4. The molecule has 4 rings (SSSR count). The number of rotatable bonds is 10. The number of hydrogen-bond donors (Lipinski definition) is 4. The van der Waals surface area contributed by atoms with Gasteiger partial charge in [0.1, 0.15) is 5.69 Å². The standard InChI is InChI=1S/C29H43N7/c1-35(18-2-12-30)19-3-13-33-27-22-26(7-4-24-10-14-31-15-11-24)34-29(23-27)25-5-8-28(9-6-25)36-20-16-32-17-21-36/h5-6,8-9,22-24,31-32H,2-3,10-21,30H2,1H3,(H,33,34). The molecule has 0 saturated carbocycles. The fourth-order valence-corrected chi connectivity index (χ4v) is 4.81. The maximum Gasteiger partial charge on any atom is 0.115 e. The van der Waals surface area contributed by atoms with Crippen LogP contribution in [0.2, 0.25) is 0 Å². The van der Waals surface area contributed by atoms with Crippen LogP contribution in [0.1, 0.15) is 31.4 Å². The van der Waals surface area contributed by atoms with Crippen molar-refractivity contribution in [2.24, 2.45) is 11.7 Å². The molecule has 0 spiro atoms. The van der Waals surface area contributed by atoms with Gasteiger partial charge in [0.15, 0.2) is 0 Å². The first-order chi connectivity index (χ1) is 17.7. The van der Waals surface area contributed by atoms with Crippen molar-refractivity contribution < 1.29 is 0 Å². The second-order valence-corrected chi connectivity index (χ2v) is 9.93. The first-order valence-corrected chi connectivity index (χ1v) is 13.6. The fourth-order valence-electron chi connectivity index (χ4n) is 4.81. The number of piperidine rings is 1. The maximum absolute atomic E-state index is 5.64. The van der Waals surface area contributed by atoms with Crippen LogP contribution in [-0.4, -0.2) is 82.4 Å². The average molecular weight is 490 g/mol. The van der Waals surface area contributed by atoms with Crippen LogP contribution in [0.15, 0.2) is 36.4 Å². The quantitative estimate of drug-likeness (QED) is 0.302. The van der Waals surface area contributed by atoms with Crippen LogP contribution in [0, 0.1) is 17.8 Å². The highest BCUT2D eigenvalue weighted by molar-refractivity contribution is 5.68. The molecule has 2 fully saturated rings. The van der Waals surface area contributed by atoms with Gasteiger partial charge in [-0.05, 0) is 95.6 Å². The third-order valence-electron chi connectivity index (χ3n) is 7.00. The molecule has 7 nitrogen and oxygen atoms in total. The number of anilines is 2. The molecule has 7 heteroatoms. The summed E-state index contributed by atoms with van der Waals surface area (Å²) in [6.45, 7) is 10.1. The molecule has 0 bridgehead atoms. The van der Waals surface area contributed by atoms with E-state index in [1.807, 2.05) is 0 Å². The van der Waals surface area contributed by atoms with Crippen LogP contribution in [0.4, 0.5) is 11.4 Å². The minimum absolute atomic E-state index is 0.454. The Labute approximate surface area is 217 Å². The van der Waals surface area contributed by atoms with Crippen LogP contribution < -0.4 is 26.6 Å². The molecule has 2 aliphatic rings. The molecule has 2 aliphatic heterocycles. The number of hydrogen-bond acceptors (Lipinski definition) is 7. The summed E-state index contributed by atoms with van der Waals surface area (Å²) >= 11 is 0. The number of benzene rings is 1. The topological polar surface area (TPSA) is 81.5 Å². The Morgan fingerprint density at radius 1 is 1.03 bits per heavy atom. The summed E-state index contributed by atoms with van der Waals surface area (Å²) in [5.74, 6) is 7.34. The number of pyridine rings is 1. The SMILES string of the molecule is CN(CCCN)CCCNc1cc(C#CC2CCNCC2)nc(-c2ccc(N3CCNCC3)cc2)c1. The zero-order valence-corrected chi connectivity index (χ0v) is 21.9. The lowest BCUT2D eigenvalue weighted by Gasteiger charge is -2.29. The highest BCUT2D eigenvalue weighted by Gasteiger charge is 2.12. The summed E-state index contributed by atoms with van der Waals surface area (Å²) in [5.41, 5.74) is 11.0. The number of aromatic nitrogens is 1. The molecular weight excluding hydrogens is 446 g/mol. The van der Waals surface area contributed by atoms with E-state index in [9.17, 15) is 0 Å².